The molecular weight excluding hydrogens is 243 g/mol. The van der Waals surface area contributed by atoms with Crippen molar-refractivity contribution < 1.29 is 19.2 Å². The molecule has 6 nitrogen and oxygen atoms in total. The minimum absolute atomic E-state index is 0.0497. The van der Waals surface area contributed by atoms with Gasteiger partial charge in [-0.1, -0.05) is 0 Å². The number of non-ortho nitro benzene ring substituents is 1. The second-order valence-corrected chi connectivity index (χ2v) is 3.86. The van der Waals surface area contributed by atoms with Crippen LogP contribution in [-0.2, 0) is 4.79 Å². The lowest BCUT2D eigenvalue weighted by atomic mass is 10.2. The highest BCUT2D eigenvalue weighted by molar-refractivity contribution is 5.90. The van der Waals surface area contributed by atoms with E-state index in [1.807, 2.05) is 0 Å². The lowest BCUT2D eigenvalue weighted by molar-refractivity contribution is -0.385. The van der Waals surface area contributed by atoms with E-state index in [1.165, 1.54) is 0 Å². The molecule has 1 unspecified atom stereocenters. The Hall–Kier alpha value is -2.02. The minimum atomic E-state index is -0.866. The summed E-state index contributed by atoms with van der Waals surface area (Å²) in [4.78, 5) is 21.0. The topological polar surface area (TPSA) is 92.5 Å². The van der Waals surface area contributed by atoms with Gasteiger partial charge in [-0.25, -0.2) is 4.39 Å². The number of nitro benzene ring substituents is 1. The molecule has 0 aliphatic rings. The van der Waals surface area contributed by atoms with Crippen LogP contribution >= 0.6 is 0 Å². The van der Waals surface area contributed by atoms with Crippen molar-refractivity contribution in [2.24, 2.45) is 0 Å². The van der Waals surface area contributed by atoms with E-state index < -0.39 is 22.8 Å². The third-order valence-electron chi connectivity index (χ3n) is 2.23. The molecule has 1 aromatic carbocycles. The Labute approximate surface area is 103 Å². The lowest BCUT2D eigenvalue weighted by Crippen LogP contribution is -2.15. The number of halogens is 1. The molecule has 1 aromatic rings. The van der Waals surface area contributed by atoms with Crippen molar-refractivity contribution >= 4 is 17.3 Å². The van der Waals surface area contributed by atoms with Crippen LogP contribution in [0.5, 0.6) is 0 Å². The standard InChI is InChI=1S/C11H13FN2O4/c1-7(15)2-5-11(16)13-10-4-3-8(14(17)18)6-9(10)12/h3-4,6-7,15H,2,5H2,1H3,(H,13,16). The van der Waals surface area contributed by atoms with Crippen LogP contribution in [0.3, 0.4) is 0 Å². The van der Waals surface area contributed by atoms with E-state index in [0.717, 1.165) is 18.2 Å². The molecule has 0 aliphatic heterocycles. The number of carbonyl (C=O) groups is 1. The first-order valence-electron chi connectivity index (χ1n) is 5.32. The number of nitrogens with zero attached hydrogens (tertiary/aromatic N) is 1. The van der Waals surface area contributed by atoms with Crippen LogP contribution in [0.25, 0.3) is 0 Å². The van der Waals surface area contributed by atoms with Crippen LogP contribution in [0.15, 0.2) is 18.2 Å². The summed E-state index contributed by atoms with van der Waals surface area (Å²) in [6.45, 7) is 1.54. The van der Waals surface area contributed by atoms with Crippen molar-refractivity contribution in [2.75, 3.05) is 5.32 Å². The molecule has 18 heavy (non-hydrogen) atoms. The first-order valence-corrected chi connectivity index (χ1v) is 5.32. The van der Waals surface area contributed by atoms with Crippen LogP contribution < -0.4 is 5.32 Å². The molecule has 0 spiro atoms. The van der Waals surface area contributed by atoms with E-state index in [1.54, 1.807) is 6.92 Å². The maximum absolute atomic E-state index is 13.4. The molecule has 2 N–H and O–H groups in total. The maximum atomic E-state index is 13.4. The Morgan fingerprint density at radius 1 is 1.61 bits per heavy atom. The fraction of sp³-hybridized carbons (Fsp3) is 0.364. The first-order chi connectivity index (χ1) is 8.40. The highest BCUT2D eigenvalue weighted by atomic mass is 19.1. The molecular formula is C11H13FN2O4. The van der Waals surface area contributed by atoms with Crippen LogP contribution in [0.4, 0.5) is 15.8 Å². The zero-order valence-electron chi connectivity index (χ0n) is 9.72. The summed E-state index contributed by atoms with van der Waals surface area (Å²) >= 11 is 0. The lowest BCUT2D eigenvalue weighted by Gasteiger charge is -2.07. The Morgan fingerprint density at radius 3 is 2.78 bits per heavy atom. The van der Waals surface area contributed by atoms with Gasteiger partial charge in [-0.15, -0.1) is 0 Å². The van der Waals surface area contributed by atoms with Gasteiger partial charge in [0.2, 0.25) is 5.91 Å². The van der Waals surface area contributed by atoms with E-state index in [9.17, 15) is 19.3 Å². The van der Waals surface area contributed by atoms with Gasteiger partial charge >= 0.3 is 0 Å². The summed E-state index contributed by atoms with van der Waals surface area (Å²) in [6, 6.07) is 2.98. The average molecular weight is 256 g/mol. The summed E-state index contributed by atoms with van der Waals surface area (Å²) in [5.74, 6) is -1.32. The Kier molecular flexibility index (Phi) is 4.73. The van der Waals surface area contributed by atoms with Crippen molar-refractivity contribution in [3.8, 4) is 0 Å². The predicted octanol–water partition coefficient (Wildman–Crippen LogP) is 1.83. The number of aliphatic hydroxyl groups excluding tert-OH is 1. The van der Waals surface area contributed by atoms with Crippen molar-refractivity contribution in [1.29, 1.82) is 0 Å². The van der Waals surface area contributed by atoms with Crippen LogP contribution in [0.1, 0.15) is 19.8 Å². The smallest absolute Gasteiger partial charge is 0.272 e. The van der Waals surface area contributed by atoms with Gasteiger partial charge in [0.15, 0.2) is 5.82 Å². The number of nitrogens with one attached hydrogen (secondary N) is 1. The monoisotopic (exact) mass is 256 g/mol. The molecule has 1 amide bonds. The largest absolute Gasteiger partial charge is 0.393 e. The summed E-state index contributed by atoms with van der Waals surface area (Å²) in [6.07, 6.45) is -0.299. The summed E-state index contributed by atoms with van der Waals surface area (Å²) < 4.78 is 13.4. The predicted molar refractivity (Wildman–Crippen MR) is 62.6 cm³/mol. The third-order valence-corrected chi connectivity index (χ3v) is 2.23. The fourth-order valence-corrected chi connectivity index (χ4v) is 1.27. The molecule has 98 valence electrons. The van der Waals surface area contributed by atoms with Gasteiger partial charge in [-0.05, 0) is 19.4 Å². The number of aliphatic hydroxyl groups is 1. The summed E-state index contributed by atoms with van der Waals surface area (Å²) in [5, 5.41) is 21.7. The number of carbonyl (C=O) groups excluding carboxylic acids is 1. The number of hydrogen-bond donors (Lipinski definition) is 2. The number of amides is 1. The highest BCUT2D eigenvalue weighted by Gasteiger charge is 2.12. The molecule has 0 fully saturated rings. The quantitative estimate of drug-likeness (QED) is 0.621. The number of benzene rings is 1. The van der Waals surface area contributed by atoms with Gasteiger partial charge in [0.05, 0.1) is 22.8 Å². The molecule has 0 heterocycles. The second-order valence-electron chi connectivity index (χ2n) is 3.86. The zero-order valence-corrected chi connectivity index (χ0v) is 9.72. The van der Waals surface area contributed by atoms with Crippen molar-refractivity contribution in [1.82, 2.24) is 0 Å². The van der Waals surface area contributed by atoms with Crippen molar-refractivity contribution in [2.45, 2.75) is 25.9 Å². The SMILES string of the molecule is CC(O)CCC(=O)Nc1ccc([N+](=O)[O-])cc1F. The maximum Gasteiger partial charge on any atom is 0.272 e. The van der Waals surface area contributed by atoms with Gasteiger partial charge in [-0.3, -0.25) is 14.9 Å². The highest BCUT2D eigenvalue weighted by Crippen LogP contribution is 2.20. The van der Waals surface area contributed by atoms with Crippen molar-refractivity contribution in [3.63, 3.8) is 0 Å². The Bertz CT molecular complexity index is 462. The zero-order chi connectivity index (χ0) is 13.7. The van der Waals surface area contributed by atoms with Gasteiger partial charge in [0.1, 0.15) is 0 Å². The first kappa shape index (κ1) is 14.0. The Balaban J connectivity index is 2.68. The number of hydrogen-bond acceptors (Lipinski definition) is 4. The van der Waals surface area contributed by atoms with E-state index in [0.29, 0.717) is 0 Å². The van der Waals surface area contributed by atoms with Gasteiger partial charge in [-0.2, -0.15) is 0 Å². The van der Waals surface area contributed by atoms with Crippen LogP contribution in [0, 0.1) is 15.9 Å². The van der Waals surface area contributed by atoms with Gasteiger partial charge < -0.3 is 10.4 Å². The molecule has 0 aliphatic carbocycles. The number of anilines is 1. The normalized spacial score (nSPS) is 11.9. The van der Waals surface area contributed by atoms with Crippen LogP contribution in [-0.4, -0.2) is 22.0 Å². The van der Waals surface area contributed by atoms with E-state index in [4.69, 9.17) is 5.11 Å². The van der Waals surface area contributed by atoms with Gasteiger partial charge in [0.25, 0.3) is 5.69 Å². The van der Waals surface area contributed by atoms with Crippen LogP contribution in [0.2, 0.25) is 0 Å². The molecule has 7 heteroatoms. The average Bonchev–Trinajstić information content (AvgIpc) is 2.29. The minimum Gasteiger partial charge on any atom is -0.393 e. The molecule has 0 bridgehead atoms. The molecule has 0 radical (unpaired) electrons. The molecule has 0 saturated heterocycles. The van der Waals surface area contributed by atoms with E-state index in [-0.39, 0.29) is 24.2 Å². The molecule has 0 saturated carbocycles. The molecule has 1 rings (SSSR count). The second kappa shape index (κ2) is 6.06. The third kappa shape index (κ3) is 4.10. The van der Waals surface area contributed by atoms with E-state index in [2.05, 4.69) is 5.32 Å². The number of nitro groups is 1. The molecule has 0 aromatic heterocycles. The van der Waals surface area contributed by atoms with E-state index >= 15 is 0 Å². The molecule has 1 atom stereocenters. The Morgan fingerprint density at radius 2 is 2.28 bits per heavy atom. The summed E-state index contributed by atoms with van der Waals surface area (Å²) in [7, 11) is 0. The number of rotatable bonds is 5. The van der Waals surface area contributed by atoms with Crippen molar-refractivity contribution in [3.05, 3.63) is 34.1 Å². The summed E-state index contributed by atoms with van der Waals surface area (Å²) in [5.41, 5.74) is -0.495. The fourth-order valence-electron chi connectivity index (χ4n) is 1.27. The van der Waals surface area contributed by atoms with Gasteiger partial charge in [0, 0.05) is 12.5 Å².